The summed E-state index contributed by atoms with van der Waals surface area (Å²) in [7, 11) is 1.64. The van der Waals surface area contributed by atoms with Crippen molar-refractivity contribution in [3.63, 3.8) is 0 Å². The molecule has 29 heavy (non-hydrogen) atoms. The Labute approximate surface area is 169 Å². The number of benzene rings is 2. The van der Waals surface area contributed by atoms with Gasteiger partial charge in [-0.05, 0) is 36.2 Å². The highest BCUT2D eigenvalue weighted by molar-refractivity contribution is 7.99. The van der Waals surface area contributed by atoms with Crippen LogP contribution in [0.1, 0.15) is 11.1 Å². The third kappa shape index (κ3) is 3.61. The highest BCUT2D eigenvalue weighted by atomic mass is 32.2. The van der Waals surface area contributed by atoms with Crippen LogP contribution in [-0.2, 0) is 18.4 Å². The van der Waals surface area contributed by atoms with Crippen molar-refractivity contribution in [2.75, 3.05) is 5.75 Å². The van der Waals surface area contributed by atoms with E-state index in [2.05, 4.69) is 15.5 Å². The second-order valence-corrected chi connectivity index (χ2v) is 7.59. The monoisotopic (exact) mass is 411 g/mol. The van der Waals surface area contributed by atoms with E-state index in [0.717, 1.165) is 0 Å². The van der Waals surface area contributed by atoms with Gasteiger partial charge >= 0.3 is 0 Å². The summed E-state index contributed by atoms with van der Waals surface area (Å²) < 4.78 is 16.8. The van der Waals surface area contributed by atoms with Gasteiger partial charge in [-0.2, -0.15) is 0 Å². The van der Waals surface area contributed by atoms with Gasteiger partial charge < -0.3 is 5.32 Å². The zero-order valence-corrected chi connectivity index (χ0v) is 16.7. The number of amides is 1. The molecule has 2 aromatic heterocycles. The number of aromatic nitrogens is 4. The molecule has 0 aliphatic carbocycles. The number of nitrogens with one attached hydrogen (secondary N) is 1. The zero-order valence-electron chi connectivity index (χ0n) is 15.8. The van der Waals surface area contributed by atoms with Gasteiger partial charge in [0.25, 0.3) is 5.56 Å². The van der Waals surface area contributed by atoms with E-state index in [0.29, 0.717) is 33.0 Å². The minimum Gasteiger partial charge on any atom is -0.351 e. The summed E-state index contributed by atoms with van der Waals surface area (Å²) in [4.78, 5) is 24.7. The fraction of sp³-hybridized carbons (Fsp3) is 0.200. The smallest absolute Gasteiger partial charge is 0.262 e. The van der Waals surface area contributed by atoms with Crippen molar-refractivity contribution < 1.29 is 9.18 Å². The Morgan fingerprint density at radius 2 is 2.00 bits per heavy atom. The summed E-state index contributed by atoms with van der Waals surface area (Å²) >= 11 is 1.22. The van der Waals surface area contributed by atoms with Crippen LogP contribution in [0.4, 0.5) is 4.39 Å². The van der Waals surface area contributed by atoms with E-state index in [9.17, 15) is 14.0 Å². The molecule has 0 spiro atoms. The van der Waals surface area contributed by atoms with Gasteiger partial charge in [0.05, 0.1) is 16.7 Å². The zero-order chi connectivity index (χ0) is 20.5. The molecule has 0 saturated carbocycles. The maximum atomic E-state index is 13.6. The van der Waals surface area contributed by atoms with Gasteiger partial charge in [-0.1, -0.05) is 36.0 Å². The van der Waals surface area contributed by atoms with E-state index >= 15 is 0 Å². The Hall–Kier alpha value is -3.20. The molecule has 7 nitrogen and oxygen atoms in total. The predicted octanol–water partition coefficient (Wildman–Crippen LogP) is 2.44. The van der Waals surface area contributed by atoms with Crippen LogP contribution in [0.3, 0.4) is 0 Å². The van der Waals surface area contributed by atoms with E-state index in [-0.39, 0.29) is 29.6 Å². The van der Waals surface area contributed by atoms with Gasteiger partial charge in [-0.15, -0.1) is 10.2 Å². The van der Waals surface area contributed by atoms with E-state index in [1.165, 1.54) is 22.4 Å². The number of carbonyl (C=O) groups is 1. The van der Waals surface area contributed by atoms with Gasteiger partial charge in [0.2, 0.25) is 11.7 Å². The quantitative estimate of drug-likeness (QED) is 0.510. The molecule has 1 N–H and O–H groups in total. The number of nitrogens with zero attached hydrogens (tertiary/aromatic N) is 4. The second kappa shape index (κ2) is 7.67. The van der Waals surface area contributed by atoms with Crippen LogP contribution in [0.25, 0.3) is 16.7 Å². The summed E-state index contributed by atoms with van der Waals surface area (Å²) in [5.74, 6) is 0.0268. The first kappa shape index (κ1) is 19.1. The van der Waals surface area contributed by atoms with E-state index in [1.54, 1.807) is 42.6 Å². The third-order valence-corrected chi connectivity index (χ3v) is 5.58. The van der Waals surface area contributed by atoms with Crippen molar-refractivity contribution in [3.8, 4) is 0 Å². The highest BCUT2D eigenvalue weighted by Crippen LogP contribution is 2.21. The van der Waals surface area contributed by atoms with E-state index in [4.69, 9.17) is 0 Å². The molecule has 2 aromatic carbocycles. The predicted molar refractivity (Wildman–Crippen MR) is 109 cm³/mol. The molecule has 1 amide bonds. The molecule has 0 aliphatic rings. The van der Waals surface area contributed by atoms with Crippen molar-refractivity contribution in [1.29, 1.82) is 0 Å². The molecule has 4 aromatic rings. The molecule has 0 atom stereocenters. The lowest BCUT2D eigenvalue weighted by Gasteiger charge is -2.08. The van der Waals surface area contributed by atoms with Gasteiger partial charge in [-0.25, -0.2) is 4.39 Å². The van der Waals surface area contributed by atoms with Crippen LogP contribution in [-0.4, -0.2) is 30.8 Å². The lowest BCUT2D eigenvalue weighted by molar-refractivity contribution is -0.118. The summed E-state index contributed by atoms with van der Waals surface area (Å²) in [6.45, 7) is 1.94. The van der Waals surface area contributed by atoms with E-state index < -0.39 is 0 Å². The van der Waals surface area contributed by atoms with Crippen LogP contribution >= 0.6 is 11.8 Å². The molecule has 0 bridgehead atoms. The first-order chi connectivity index (χ1) is 14.0. The average molecular weight is 411 g/mol. The van der Waals surface area contributed by atoms with Crippen LogP contribution in [0.5, 0.6) is 0 Å². The molecule has 0 fully saturated rings. The third-order valence-electron chi connectivity index (χ3n) is 4.65. The highest BCUT2D eigenvalue weighted by Gasteiger charge is 2.15. The largest absolute Gasteiger partial charge is 0.351 e. The topological polar surface area (TPSA) is 81.3 Å². The van der Waals surface area contributed by atoms with Gasteiger partial charge in [0.15, 0.2) is 5.16 Å². The standard InChI is InChI=1S/C20H18FN5O2S/c1-12-7-8-13(9-15(12)21)10-22-17(27)11-29-20-24-23-19-25(2)18(28)14-5-3-4-6-16(14)26(19)20/h3-9H,10-11H2,1-2H3,(H,22,27). The number of hydrogen-bond acceptors (Lipinski definition) is 5. The summed E-state index contributed by atoms with van der Waals surface area (Å²) in [5, 5.41) is 12.1. The lowest BCUT2D eigenvalue weighted by atomic mass is 10.1. The molecule has 0 unspecified atom stereocenters. The number of para-hydroxylation sites is 1. The van der Waals surface area contributed by atoms with E-state index in [1.807, 2.05) is 12.1 Å². The molecule has 0 saturated heterocycles. The number of rotatable bonds is 5. The molecular weight excluding hydrogens is 393 g/mol. The molecule has 0 radical (unpaired) electrons. The average Bonchev–Trinajstić information content (AvgIpc) is 3.15. The lowest BCUT2D eigenvalue weighted by Crippen LogP contribution is -2.24. The van der Waals surface area contributed by atoms with Crippen molar-refractivity contribution in [1.82, 2.24) is 24.5 Å². The van der Waals surface area contributed by atoms with Crippen LogP contribution in [0.15, 0.2) is 52.4 Å². The number of carbonyl (C=O) groups excluding carboxylic acids is 1. The minimum atomic E-state index is -0.293. The molecular formula is C20H18FN5O2S. The first-order valence-electron chi connectivity index (χ1n) is 8.93. The van der Waals surface area contributed by atoms with Gasteiger partial charge in [0.1, 0.15) is 5.82 Å². The van der Waals surface area contributed by atoms with Crippen molar-refractivity contribution in [3.05, 3.63) is 69.8 Å². The SMILES string of the molecule is Cc1ccc(CNC(=O)CSc2nnc3n(C)c(=O)c4ccccc4n23)cc1F. The van der Waals surface area contributed by atoms with Crippen molar-refractivity contribution >= 4 is 34.3 Å². The summed E-state index contributed by atoms with van der Waals surface area (Å²) in [6.07, 6.45) is 0. The number of hydrogen-bond donors (Lipinski definition) is 1. The fourth-order valence-electron chi connectivity index (χ4n) is 3.03. The summed E-state index contributed by atoms with van der Waals surface area (Å²) in [5.41, 5.74) is 1.80. The fourth-order valence-corrected chi connectivity index (χ4v) is 3.80. The maximum absolute atomic E-state index is 13.6. The van der Waals surface area contributed by atoms with Crippen LogP contribution < -0.4 is 10.9 Å². The first-order valence-corrected chi connectivity index (χ1v) is 9.91. The number of halogens is 1. The second-order valence-electron chi connectivity index (χ2n) is 6.65. The molecule has 2 heterocycles. The normalized spacial score (nSPS) is 11.3. The Kier molecular flexibility index (Phi) is 5.06. The van der Waals surface area contributed by atoms with Gasteiger partial charge in [-0.3, -0.25) is 18.6 Å². The molecule has 9 heteroatoms. The van der Waals surface area contributed by atoms with Crippen molar-refractivity contribution in [2.45, 2.75) is 18.6 Å². The minimum absolute atomic E-state index is 0.117. The van der Waals surface area contributed by atoms with Crippen LogP contribution in [0, 0.1) is 12.7 Å². The van der Waals surface area contributed by atoms with Crippen molar-refractivity contribution in [2.24, 2.45) is 7.05 Å². The number of fused-ring (bicyclic) bond motifs is 3. The Bertz CT molecular complexity index is 1300. The number of aryl methyl sites for hydroxylation is 2. The Morgan fingerprint density at radius 3 is 2.79 bits per heavy atom. The Morgan fingerprint density at radius 1 is 1.21 bits per heavy atom. The molecule has 148 valence electrons. The summed E-state index contributed by atoms with van der Waals surface area (Å²) in [6, 6.07) is 12.1. The maximum Gasteiger partial charge on any atom is 0.262 e. The number of thioether (sulfide) groups is 1. The molecule has 4 rings (SSSR count). The van der Waals surface area contributed by atoms with Gasteiger partial charge in [0, 0.05) is 13.6 Å². The molecule has 0 aliphatic heterocycles. The van der Waals surface area contributed by atoms with Crippen LogP contribution in [0.2, 0.25) is 0 Å². The Balaban J connectivity index is 1.52.